The molecule has 2 aliphatic rings. The molecule has 0 radical (unpaired) electrons. The third-order valence-corrected chi connectivity index (χ3v) is 7.09. The Labute approximate surface area is 172 Å². The van der Waals surface area contributed by atoms with Crippen molar-refractivity contribution in [1.29, 1.82) is 0 Å². The first kappa shape index (κ1) is 20.3. The number of aromatic nitrogens is 1. The number of halogens is 2. The van der Waals surface area contributed by atoms with E-state index in [1.807, 2.05) is 0 Å². The maximum Gasteiger partial charge on any atom is 0.256 e. The fourth-order valence-corrected chi connectivity index (χ4v) is 5.44. The van der Waals surface area contributed by atoms with Gasteiger partial charge in [-0.05, 0) is 56.0 Å². The van der Waals surface area contributed by atoms with Gasteiger partial charge in [0, 0.05) is 11.7 Å². The van der Waals surface area contributed by atoms with Gasteiger partial charge in [0.2, 0.25) is 0 Å². The normalized spacial score (nSPS) is 20.4. The summed E-state index contributed by atoms with van der Waals surface area (Å²) in [7, 11) is -3.91. The second-order valence-electron chi connectivity index (χ2n) is 8.09. The van der Waals surface area contributed by atoms with Crippen molar-refractivity contribution in [3.8, 4) is 0 Å². The van der Waals surface area contributed by atoms with Crippen LogP contribution in [0.5, 0.6) is 0 Å². The smallest absolute Gasteiger partial charge is 0.256 e. The van der Waals surface area contributed by atoms with Crippen molar-refractivity contribution in [1.82, 2.24) is 14.6 Å². The maximum atomic E-state index is 13.6. The number of aryl methyl sites for hydroxylation is 1. The number of rotatable bonds is 4. The van der Waals surface area contributed by atoms with Crippen LogP contribution < -0.4 is 4.72 Å². The molecule has 29 heavy (non-hydrogen) atoms. The Morgan fingerprint density at radius 1 is 1.31 bits per heavy atom. The number of carbonyl (C=O) groups is 1. The van der Waals surface area contributed by atoms with Crippen molar-refractivity contribution < 1.29 is 22.7 Å². The van der Waals surface area contributed by atoms with Crippen LogP contribution in [0.1, 0.15) is 34.1 Å². The standard InChI is InChI=1S/C19H21ClFN3O4S/c1-10-14(18(25)24-8-19(2,26)9-24)7-17(22-10)29(27,28)23-13-3-11-5-15(20)16(21)6-12(11)4-13/h5-7,13,22-23,26H,3-4,8-9H2,1-2H3/t13-/m0/s1. The number of β-amino-alcohol motifs (C(OH)–C–C–N with tert-alkyl or cyclic N) is 1. The Morgan fingerprint density at radius 2 is 1.93 bits per heavy atom. The molecule has 1 aliphatic carbocycles. The highest BCUT2D eigenvalue weighted by atomic mass is 35.5. The lowest BCUT2D eigenvalue weighted by molar-refractivity contribution is -0.0669. The Morgan fingerprint density at radius 3 is 2.55 bits per heavy atom. The molecule has 3 N–H and O–H groups in total. The minimum absolute atomic E-state index is 0.0142. The van der Waals surface area contributed by atoms with Gasteiger partial charge in [-0.25, -0.2) is 17.5 Å². The summed E-state index contributed by atoms with van der Waals surface area (Å²) in [4.78, 5) is 16.8. The van der Waals surface area contributed by atoms with Crippen LogP contribution in [0, 0.1) is 12.7 Å². The molecule has 0 bridgehead atoms. The summed E-state index contributed by atoms with van der Waals surface area (Å²) in [6, 6.07) is 3.74. The van der Waals surface area contributed by atoms with Crippen molar-refractivity contribution in [2.75, 3.05) is 13.1 Å². The number of carbonyl (C=O) groups excluding carboxylic acids is 1. The molecule has 1 amide bonds. The van der Waals surface area contributed by atoms with Gasteiger partial charge in [0.05, 0.1) is 29.3 Å². The third-order valence-electron chi connectivity index (χ3n) is 5.36. The number of H-pyrrole nitrogens is 1. The van der Waals surface area contributed by atoms with Crippen molar-refractivity contribution >= 4 is 27.5 Å². The Hall–Kier alpha value is -1.94. The molecule has 1 aromatic heterocycles. The fraction of sp³-hybridized carbons (Fsp3) is 0.421. The number of fused-ring (bicyclic) bond motifs is 1. The number of amides is 1. The number of aromatic amines is 1. The predicted molar refractivity (Wildman–Crippen MR) is 105 cm³/mol. The number of hydrogen-bond acceptors (Lipinski definition) is 4. The van der Waals surface area contributed by atoms with Crippen molar-refractivity contribution in [2.24, 2.45) is 0 Å². The van der Waals surface area contributed by atoms with Crippen LogP contribution in [0.25, 0.3) is 0 Å². The van der Waals surface area contributed by atoms with Crippen LogP contribution in [0.15, 0.2) is 23.2 Å². The average Bonchev–Trinajstić information content (AvgIpc) is 3.15. The van der Waals surface area contributed by atoms with Crippen molar-refractivity contribution in [3.05, 3.63) is 51.4 Å². The first-order valence-electron chi connectivity index (χ1n) is 9.15. The van der Waals surface area contributed by atoms with Gasteiger partial charge >= 0.3 is 0 Å². The van der Waals surface area contributed by atoms with Crippen LogP contribution in [-0.4, -0.2) is 54.0 Å². The highest BCUT2D eigenvalue weighted by molar-refractivity contribution is 7.89. The van der Waals surface area contributed by atoms with E-state index in [0.717, 1.165) is 11.1 Å². The molecule has 4 rings (SSSR count). The van der Waals surface area contributed by atoms with Gasteiger partial charge < -0.3 is 15.0 Å². The summed E-state index contributed by atoms with van der Waals surface area (Å²) in [5.74, 6) is -0.854. The summed E-state index contributed by atoms with van der Waals surface area (Å²) in [6.45, 7) is 3.67. The largest absolute Gasteiger partial charge is 0.386 e. The first-order valence-corrected chi connectivity index (χ1v) is 11.0. The molecule has 1 aromatic carbocycles. The zero-order valence-corrected chi connectivity index (χ0v) is 17.5. The summed E-state index contributed by atoms with van der Waals surface area (Å²) in [5, 5.41) is 9.72. The van der Waals surface area contributed by atoms with Gasteiger partial charge in [0.1, 0.15) is 10.8 Å². The van der Waals surface area contributed by atoms with E-state index in [4.69, 9.17) is 11.6 Å². The Balaban J connectivity index is 1.49. The van der Waals surface area contributed by atoms with E-state index in [2.05, 4.69) is 9.71 Å². The highest BCUT2D eigenvalue weighted by Crippen LogP contribution is 2.29. The second kappa shape index (κ2) is 6.80. The molecule has 1 fully saturated rings. The van der Waals surface area contributed by atoms with Crippen LogP contribution in [0.3, 0.4) is 0 Å². The molecule has 0 spiro atoms. The molecule has 156 valence electrons. The zero-order chi connectivity index (χ0) is 21.1. The van der Waals surface area contributed by atoms with Gasteiger partial charge in [0.25, 0.3) is 15.9 Å². The number of likely N-dealkylation sites (tertiary alicyclic amines) is 1. The zero-order valence-electron chi connectivity index (χ0n) is 15.9. The van der Waals surface area contributed by atoms with Gasteiger partial charge in [-0.1, -0.05) is 11.6 Å². The summed E-state index contributed by atoms with van der Waals surface area (Å²) in [5.41, 5.74) is 1.32. The SMILES string of the molecule is Cc1[nH]c(S(=O)(=O)N[C@@H]2Cc3cc(F)c(Cl)cc3C2)cc1C(=O)N1CC(C)(O)C1. The number of aliphatic hydroxyl groups is 1. The van der Waals surface area contributed by atoms with Crippen molar-refractivity contribution in [2.45, 2.75) is 43.4 Å². The quantitative estimate of drug-likeness (QED) is 0.672. The topological polar surface area (TPSA) is 102 Å². The monoisotopic (exact) mass is 441 g/mol. The van der Waals surface area contributed by atoms with Gasteiger partial charge in [0.15, 0.2) is 0 Å². The summed E-state index contributed by atoms with van der Waals surface area (Å²) < 4.78 is 41.9. The average molecular weight is 442 g/mol. The number of nitrogens with one attached hydrogen (secondary N) is 2. The molecule has 7 nitrogen and oxygen atoms in total. The van der Waals surface area contributed by atoms with E-state index in [1.54, 1.807) is 13.8 Å². The predicted octanol–water partition coefficient (Wildman–Crippen LogP) is 1.77. The minimum atomic E-state index is -3.91. The lowest BCUT2D eigenvalue weighted by atomic mass is 9.96. The third kappa shape index (κ3) is 3.79. The molecule has 0 unspecified atom stereocenters. The molecule has 2 heterocycles. The van der Waals surface area contributed by atoms with E-state index < -0.39 is 27.5 Å². The number of hydrogen-bond donors (Lipinski definition) is 3. The number of nitrogens with zero attached hydrogens (tertiary/aromatic N) is 1. The second-order valence-corrected chi connectivity index (χ2v) is 10.2. The van der Waals surface area contributed by atoms with E-state index in [1.165, 1.54) is 23.1 Å². The van der Waals surface area contributed by atoms with Crippen molar-refractivity contribution in [3.63, 3.8) is 0 Å². The van der Waals surface area contributed by atoms with Crippen LogP contribution in [-0.2, 0) is 22.9 Å². The number of benzene rings is 1. The Bertz CT molecular complexity index is 1070. The van der Waals surface area contributed by atoms with Gasteiger partial charge in [-0.3, -0.25) is 4.79 Å². The fourth-order valence-electron chi connectivity index (χ4n) is 3.96. The highest BCUT2D eigenvalue weighted by Gasteiger charge is 2.40. The molecule has 0 saturated carbocycles. The number of sulfonamides is 1. The Kier molecular flexibility index (Phi) is 4.77. The summed E-state index contributed by atoms with van der Waals surface area (Å²) in [6.07, 6.45) is 0.764. The molecule has 1 aliphatic heterocycles. The molecule has 10 heteroatoms. The van der Waals surface area contributed by atoms with Gasteiger partial charge in [-0.15, -0.1) is 0 Å². The molecule has 1 atom stereocenters. The van der Waals surface area contributed by atoms with Gasteiger partial charge in [-0.2, -0.15) is 0 Å². The van der Waals surface area contributed by atoms with E-state index in [-0.39, 0.29) is 34.6 Å². The lowest BCUT2D eigenvalue weighted by Gasteiger charge is -2.44. The molecule has 2 aromatic rings. The summed E-state index contributed by atoms with van der Waals surface area (Å²) >= 11 is 5.81. The van der Waals surface area contributed by atoms with Crippen LogP contribution >= 0.6 is 11.6 Å². The van der Waals surface area contributed by atoms with Crippen LogP contribution in [0.4, 0.5) is 4.39 Å². The van der Waals surface area contributed by atoms with Crippen LogP contribution in [0.2, 0.25) is 5.02 Å². The molecular weight excluding hydrogens is 421 g/mol. The lowest BCUT2D eigenvalue weighted by Crippen LogP contribution is -2.61. The van der Waals surface area contributed by atoms with E-state index >= 15 is 0 Å². The first-order chi connectivity index (χ1) is 13.4. The molecular formula is C19H21ClFN3O4S. The maximum absolute atomic E-state index is 13.6. The molecule has 1 saturated heterocycles. The minimum Gasteiger partial charge on any atom is -0.386 e. The van der Waals surface area contributed by atoms with E-state index in [9.17, 15) is 22.7 Å². The van der Waals surface area contributed by atoms with E-state index in [0.29, 0.717) is 18.5 Å².